The standard InChI is InChI=1S/C31H41FN10O2/c1-6-26-29-25(13-33)36-17-41(29)27(14-34)30(42(26)18(2)3)38-19(4)37-24-12-23(32)22(11-28(24)44-5)31(43)39-20-15-40(16-20)21-7-9-35-10-8-21/h11-12,14,17-18,20-21,26,35,37H,4,6-10,15-16,34H2,1-3,5H3,(H,39,43)/b27-14+,38-30+/t26-/m1/s1. The molecule has 3 aliphatic heterocycles. The molecule has 1 aromatic heterocycles. The van der Waals surface area contributed by atoms with E-state index in [1.165, 1.54) is 25.4 Å². The van der Waals surface area contributed by atoms with Crippen LogP contribution in [-0.4, -0.2) is 82.5 Å². The zero-order valence-electron chi connectivity index (χ0n) is 25.7. The van der Waals surface area contributed by atoms with E-state index in [1.807, 2.05) is 20.8 Å². The Balaban J connectivity index is 1.34. The molecule has 0 aliphatic carbocycles. The van der Waals surface area contributed by atoms with E-state index in [4.69, 9.17) is 15.5 Å². The summed E-state index contributed by atoms with van der Waals surface area (Å²) in [5.41, 5.74) is 7.87. The van der Waals surface area contributed by atoms with Crippen LogP contribution in [0.2, 0.25) is 0 Å². The van der Waals surface area contributed by atoms with E-state index in [0.29, 0.717) is 29.7 Å². The lowest BCUT2D eigenvalue weighted by Crippen LogP contribution is -2.63. The zero-order valence-corrected chi connectivity index (χ0v) is 25.7. The Morgan fingerprint density at radius 2 is 2.09 bits per heavy atom. The number of nitrogens with zero attached hydrogens (tertiary/aromatic N) is 6. The van der Waals surface area contributed by atoms with Gasteiger partial charge >= 0.3 is 0 Å². The van der Waals surface area contributed by atoms with Crippen LogP contribution in [0.3, 0.4) is 0 Å². The third-order valence-corrected chi connectivity index (χ3v) is 8.52. The molecule has 0 bridgehead atoms. The van der Waals surface area contributed by atoms with E-state index in [0.717, 1.165) is 44.7 Å². The molecule has 12 nitrogen and oxygen atoms in total. The maximum Gasteiger partial charge on any atom is 0.254 e. The molecule has 2 aromatic rings. The number of aliphatic imine (C=N–C) groups is 1. The molecule has 0 radical (unpaired) electrons. The highest BCUT2D eigenvalue weighted by Crippen LogP contribution is 2.38. The number of hydrogen-bond donors (Lipinski definition) is 4. The number of nitrogens with one attached hydrogen (secondary N) is 3. The summed E-state index contributed by atoms with van der Waals surface area (Å²) in [6.07, 6.45) is 5.87. The van der Waals surface area contributed by atoms with Crippen molar-refractivity contribution >= 4 is 23.1 Å². The van der Waals surface area contributed by atoms with E-state index >= 15 is 4.39 Å². The minimum atomic E-state index is -0.692. The fourth-order valence-corrected chi connectivity index (χ4v) is 6.38. The number of benzene rings is 1. The average Bonchev–Trinajstić information content (AvgIpc) is 3.42. The summed E-state index contributed by atoms with van der Waals surface area (Å²) in [5.74, 6) is -0.180. The molecule has 5 rings (SSSR count). The smallest absolute Gasteiger partial charge is 0.254 e. The van der Waals surface area contributed by atoms with Crippen LogP contribution in [-0.2, 0) is 0 Å². The fraction of sp³-hybridized carbons (Fsp3) is 0.484. The number of piperidine rings is 1. The molecule has 4 heterocycles. The number of methoxy groups -OCH3 is 1. The third-order valence-electron chi connectivity index (χ3n) is 8.52. The number of nitriles is 1. The lowest BCUT2D eigenvalue weighted by atomic mass is 9.98. The highest BCUT2D eigenvalue weighted by atomic mass is 19.1. The first-order chi connectivity index (χ1) is 21.2. The van der Waals surface area contributed by atoms with Crippen molar-refractivity contribution in [1.29, 1.82) is 5.26 Å². The quantitative estimate of drug-likeness (QED) is 0.339. The van der Waals surface area contributed by atoms with Gasteiger partial charge in [0, 0.05) is 37.4 Å². The van der Waals surface area contributed by atoms with Gasteiger partial charge < -0.3 is 31.3 Å². The summed E-state index contributed by atoms with van der Waals surface area (Å²) in [5, 5.41) is 19.0. The van der Waals surface area contributed by atoms with Gasteiger partial charge in [-0.1, -0.05) is 13.5 Å². The van der Waals surface area contributed by atoms with Gasteiger partial charge in [-0.05, 0) is 52.3 Å². The molecule has 0 unspecified atom stereocenters. The number of aromatic nitrogens is 2. The predicted molar refractivity (Wildman–Crippen MR) is 167 cm³/mol. The van der Waals surface area contributed by atoms with Crippen LogP contribution < -0.4 is 26.4 Å². The van der Waals surface area contributed by atoms with E-state index < -0.39 is 11.7 Å². The number of halogens is 1. The summed E-state index contributed by atoms with van der Waals surface area (Å²) in [6, 6.07) is 5.09. The molecule has 3 aliphatic rings. The van der Waals surface area contributed by atoms with Crippen molar-refractivity contribution in [2.45, 2.75) is 64.2 Å². The summed E-state index contributed by atoms with van der Waals surface area (Å²) < 4.78 is 22.6. The van der Waals surface area contributed by atoms with Gasteiger partial charge in [-0.3, -0.25) is 14.3 Å². The third kappa shape index (κ3) is 5.87. The molecule has 1 amide bonds. The lowest BCUT2D eigenvalue weighted by molar-refractivity contribution is 0.0530. The van der Waals surface area contributed by atoms with Crippen LogP contribution in [0.4, 0.5) is 10.1 Å². The Bertz CT molecular complexity index is 1510. The van der Waals surface area contributed by atoms with Crippen LogP contribution in [0.1, 0.15) is 67.8 Å². The number of ether oxygens (including phenoxy) is 1. The number of imidazole rings is 1. The van der Waals surface area contributed by atoms with Crippen molar-refractivity contribution in [2.24, 2.45) is 10.7 Å². The van der Waals surface area contributed by atoms with Crippen molar-refractivity contribution in [2.75, 3.05) is 38.6 Å². The van der Waals surface area contributed by atoms with Gasteiger partial charge in [-0.25, -0.2) is 14.4 Å². The molecular weight excluding hydrogens is 563 g/mol. The second-order valence-electron chi connectivity index (χ2n) is 11.6. The van der Waals surface area contributed by atoms with E-state index in [9.17, 15) is 10.1 Å². The van der Waals surface area contributed by atoms with Crippen LogP contribution in [0, 0.1) is 17.1 Å². The second kappa shape index (κ2) is 13.1. The van der Waals surface area contributed by atoms with Crippen LogP contribution in [0.25, 0.3) is 5.70 Å². The minimum absolute atomic E-state index is 0.0103. The number of anilines is 1. The van der Waals surface area contributed by atoms with Crippen molar-refractivity contribution in [3.8, 4) is 11.8 Å². The number of likely N-dealkylation sites (tertiary alicyclic amines) is 1. The zero-order chi connectivity index (χ0) is 31.5. The number of amides is 1. The van der Waals surface area contributed by atoms with Gasteiger partial charge in [-0.2, -0.15) is 5.26 Å². The second-order valence-corrected chi connectivity index (χ2v) is 11.6. The monoisotopic (exact) mass is 604 g/mol. The first-order valence-corrected chi connectivity index (χ1v) is 15.1. The van der Waals surface area contributed by atoms with Crippen molar-refractivity contribution < 1.29 is 13.9 Å². The number of nitrogens with two attached hydrogens (primary N) is 1. The SMILES string of the molecule is C=C(/N=C1\C(=C/N)n2cnc(C#N)c2[C@@H](CC)N1C(C)C)Nc1cc(F)c(C(=O)NC2CN(C3CCNCC3)C2)cc1OC. The highest BCUT2D eigenvalue weighted by molar-refractivity contribution is 6.18. The van der Waals surface area contributed by atoms with Crippen LogP contribution in [0.5, 0.6) is 5.75 Å². The summed E-state index contributed by atoms with van der Waals surface area (Å²) in [4.78, 5) is 26.5. The molecule has 234 valence electrons. The van der Waals surface area contributed by atoms with Crippen LogP contribution in [0.15, 0.2) is 42.1 Å². The Morgan fingerprint density at radius 3 is 2.70 bits per heavy atom. The Labute approximate surface area is 257 Å². The topological polar surface area (TPSA) is 149 Å². The molecule has 5 N–H and O–H groups in total. The largest absolute Gasteiger partial charge is 0.495 e. The molecular formula is C31H41FN10O2. The molecule has 0 saturated carbocycles. The number of rotatable bonds is 9. The number of fused-ring (bicyclic) bond motifs is 1. The first kappa shape index (κ1) is 31.0. The van der Waals surface area contributed by atoms with Crippen molar-refractivity contribution in [1.82, 2.24) is 30.0 Å². The number of amidine groups is 1. The molecule has 1 aromatic carbocycles. The molecule has 0 spiro atoms. The Morgan fingerprint density at radius 1 is 1.36 bits per heavy atom. The molecule has 2 saturated heterocycles. The first-order valence-electron chi connectivity index (χ1n) is 15.1. The molecule has 44 heavy (non-hydrogen) atoms. The summed E-state index contributed by atoms with van der Waals surface area (Å²) >= 11 is 0. The molecule has 2 fully saturated rings. The highest BCUT2D eigenvalue weighted by Gasteiger charge is 2.38. The van der Waals surface area contributed by atoms with Gasteiger partial charge in [0.2, 0.25) is 0 Å². The average molecular weight is 605 g/mol. The minimum Gasteiger partial charge on any atom is -0.495 e. The fourth-order valence-electron chi connectivity index (χ4n) is 6.38. The summed E-state index contributed by atoms with van der Waals surface area (Å²) in [6.45, 7) is 13.7. The van der Waals surface area contributed by atoms with Crippen LogP contribution >= 0.6 is 0 Å². The molecule has 1 atom stereocenters. The Kier molecular flexibility index (Phi) is 9.22. The van der Waals surface area contributed by atoms with Gasteiger partial charge in [0.1, 0.15) is 35.5 Å². The number of carbonyl (C=O) groups excluding carboxylic acids is 1. The van der Waals surface area contributed by atoms with E-state index in [2.05, 4.69) is 43.4 Å². The number of hydrogen-bond acceptors (Lipinski definition) is 9. The van der Waals surface area contributed by atoms with E-state index in [-0.39, 0.29) is 40.9 Å². The van der Waals surface area contributed by atoms with E-state index in [1.54, 1.807) is 10.9 Å². The number of carbonyl (C=O) groups is 1. The predicted octanol–water partition coefficient (Wildman–Crippen LogP) is 2.98. The summed E-state index contributed by atoms with van der Waals surface area (Å²) in [7, 11) is 1.45. The maximum absolute atomic E-state index is 15.3. The Hall–Kier alpha value is -4.41. The van der Waals surface area contributed by atoms with Crippen molar-refractivity contribution in [3.05, 3.63) is 59.8 Å². The van der Waals surface area contributed by atoms with Gasteiger partial charge in [0.25, 0.3) is 5.91 Å². The maximum atomic E-state index is 15.3. The van der Waals surface area contributed by atoms with Crippen molar-refractivity contribution in [3.63, 3.8) is 0 Å². The van der Waals surface area contributed by atoms with Gasteiger partial charge in [0.15, 0.2) is 11.5 Å². The lowest BCUT2D eigenvalue weighted by Gasteiger charge is -2.45. The van der Waals surface area contributed by atoms with Gasteiger partial charge in [0.05, 0.1) is 36.1 Å². The molecule has 13 heteroatoms. The van der Waals surface area contributed by atoms with Gasteiger partial charge in [-0.15, -0.1) is 0 Å². The normalized spacial score (nSPS) is 21.2.